The molecular weight excluding hydrogens is 280 g/mol. The van der Waals surface area contributed by atoms with Crippen LogP contribution >= 0.6 is 0 Å². The minimum Gasteiger partial charge on any atom is -0.497 e. The Kier molecular flexibility index (Phi) is 3.13. The van der Waals surface area contributed by atoms with Gasteiger partial charge in [-0.25, -0.2) is 9.78 Å². The SMILES string of the molecule is COc1ccc2cc3c(nc2c1)OC(=O)N(C1CCCC1)C3. The predicted molar refractivity (Wildman–Crippen MR) is 82.1 cm³/mol. The quantitative estimate of drug-likeness (QED) is 0.851. The van der Waals surface area contributed by atoms with Crippen molar-refractivity contribution in [2.24, 2.45) is 0 Å². The number of fused-ring (bicyclic) bond motifs is 2. The lowest BCUT2D eigenvalue weighted by molar-refractivity contribution is 0.114. The first-order valence-corrected chi connectivity index (χ1v) is 7.71. The molecule has 0 N–H and O–H groups in total. The number of benzene rings is 1. The monoisotopic (exact) mass is 298 g/mol. The molecule has 1 saturated carbocycles. The molecule has 0 radical (unpaired) electrons. The van der Waals surface area contributed by atoms with Gasteiger partial charge in [-0.3, -0.25) is 0 Å². The smallest absolute Gasteiger partial charge is 0.417 e. The minimum absolute atomic E-state index is 0.269. The number of carbonyl (C=O) groups excluding carboxylic acids is 1. The number of hydrogen-bond donors (Lipinski definition) is 0. The first-order valence-electron chi connectivity index (χ1n) is 7.71. The van der Waals surface area contributed by atoms with Crippen LogP contribution < -0.4 is 9.47 Å². The lowest BCUT2D eigenvalue weighted by atomic mass is 10.1. The number of nitrogens with zero attached hydrogens (tertiary/aromatic N) is 2. The van der Waals surface area contributed by atoms with E-state index in [-0.39, 0.29) is 6.09 Å². The second-order valence-corrected chi connectivity index (χ2v) is 5.95. The summed E-state index contributed by atoms with van der Waals surface area (Å²) < 4.78 is 10.7. The summed E-state index contributed by atoms with van der Waals surface area (Å²) in [7, 11) is 1.62. The Morgan fingerprint density at radius 1 is 1.27 bits per heavy atom. The molecule has 5 heteroatoms. The van der Waals surface area contributed by atoms with E-state index in [1.165, 1.54) is 12.8 Å². The van der Waals surface area contributed by atoms with Crippen LogP contribution in [-0.2, 0) is 6.54 Å². The molecule has 0 unspecified atom stereocenters. The van der Waals surface area contributed by atoms with Gasteiger partial charge in [-0.2, -0.15) is 0 Å². The Balaban J connectivity index is 1.72. The molecule has 4 rings (SSSR count). The van der Waals surface area contributed by atoms with Crippen LogP contribution in [0.5, 0.6) is 11.6 Å². The largest absolute Gasteiger partial charge is 0.497 e. The fraction of sp³-hybridized carbons (Fsp3) is 0.412. The van der Waals surface area contributed by atoms with Crippen LogP contribution in [0.15, 0.2) is 24.3 Å². The van der Waals surface area contributed by atoms with Gasteiger partial charge in [-0.05, 0) is 31.0 Å². The van der Waals surface area contributed by atoms with Crippen molar-refractivity contribution in [3.63, 3.8) is 0 Å². The van der Waals surface area contributed by atoms with Crippen LogP contribution in [0.2, 0.25) is 0 Å². The van der Waals surface area contributed by atoms with Crippen LogP contribution in [-0.4, -0.2) is 29.1 Å². The summed E-state index contributed by atoms with van der Waals surface area (Å²) in [4.78, 5) is 18.6. The van der Waals surface area contributed by atoms with Gasteiger partial charge in [0.05, 0.1) is 19.2 Å². The zero-order chi connectivity index (χ0) is 15.1. The van der Waals surface area contributed by atoms with Crippen molar-refractivity contribution in [3.8, 4) is 11.6 Å². The van der Waals surface area contributed by atoms with Gasteiger partial charge >= 0.3 is 6.09 Å². The Bertz CT molecular complexity index is 738. The van der Waals surface area contributed by atoms with Crippen LogP contribution in [0, 0.1) is 0 Å². The summed E-state index contributed by atoms with van der Waals surface area (Å²) in [5.41, 5.74) is 1.75. The van der Waals surface area contributed by atoms with Gasteiger partial charge < -0.3 is 14.4 Å². The molecule has 1 amide bonds. The van der Waals surface area contributed by atoms with E-state index in [9.17, 15) is 4.79 Å². The summed E-state index contributed by atoms with van der Waals surface area (Å²) in [5, 5.41) is 1.03. The highest BCUT2D eigenvalue weighted by molar-refractivity contribution is 5.83. The maximum Gasteiger partial charge on any atom is 0.417 e. The average molecular weight is 298 g/mol. The fourth-order valence-electron chi connectivity index (χ4n) is 3.39. The highest BCUT2D eigenvalue weighted by Crippen LogP contribution is 2.33. The summed E-state index contributed by atoms with van der Waals surface area (Å²) in [6, 6.07) is 8.13. The number of ether oxygens (including phenoxy) is 2. The van der Waals surface area contributed by atoms with E-state index in [1.54, 1.807) is 7.11 Å². The number of hydrogen-bond acceptors (Lipinski definition) is 4. The van der Waals surface area contributed by atoms with Gasteiger partial charge in [0.25, 0.3) is 0 Å². The first kappa shape index (κ1) is 13.4. The Labute approximate surface area is 128 Å². The molecule has 114 valence electrons. The summed E-state index contributed by atoms with van der Waals surface area (Å²) in [6.07, 6.45) is 4.26. The Morgan fingerprint density at radius 2 is 2.09 bits per heavy atom. The van der Waals surface area contributed by atoms with Gasteiger partial charge in [0.1, 0.15) is 5.75 Å². The lowest BCUT2D eigenvalue weighted by Crippen LogP contribution is -2.43. The van der Waals surface area contributed by atoms with E-state index in [1.807, 2.05) is 23.1 Å². The standard InChI is InChI=1S/C17H18N2O3/c1-21-14-7-6-11-8-12-10-19(13-4-2-3-5-13)17(20)22-16(12)18-15(11)9-14/h6-9,13H,2-5,10H2,1H3. The van der Waals surface area contributed by atoms with Gasteiger partial charge in [0.2, 0.25) is 5.88 Å². The van der Waals surface area contributed by atoms with Crippen LogP contribution in [0.4, 0.5) is 4.79 Å². The molecule has 0 atom stereocenters. The zero-order valence-electron chi connectivity index (χ0n) is 12.5. The maximum atomic E-state index is 12.2. The van der Waals surface area contributed by atoms with Gasteiger partial charge in [-0.15, -0.1) is 0 Å². The molecule has 0 spiro atoms. The minimum atomic E-state index is -0.269. The molecule has 1 aliphatic carbocycles. The number of aromatic nitrogens is 1. The molecule has 2 heterocycles. The maximum absolute atomic E-state index is 12.2. The highest BCUT2D eigenvalue weighted by Gasteiger charge is 2.33. The molecule has 2 aromatic rings. The van der Waals surface area contributed by atoms with Crippen molar-refractivity contribution in [1.82, 2.24) is 9.88 Å². The lowest BCUT2D eigenvalue weighted by Gasteiger charge is -2.32. The van der Waals surface area contributed by atoms with Crippen molar-refractivity contribution in [3.05, 3.63) is 29.8 Å². The van der Waals surface area contributed by atoms with E-state index >= 15 is 0 Å². The van der Waals surface area contributed by atoms with Crippen LogP contribution in [0.1, 0.15) is 31.2 Å². The molecule has 1 aromatic heterocycles. The number of pyridine rings is 1. The van der Waals surface area contributed by atoms with Crippen LogP contribution in [0.3, 0.4) is 0 Å². The summed E-state index contributed by atoms with van der Waals surface area (Å²) in [5.74, 6) is 1.18. The fourth-order valence-corrected chi connectivity index (χ4v) is 3.39. The van der Waals surface area contributed by atoms with Gasteiger partial charge in [-0.1, -0.05) is 12.8 Å². The highest BCUT2D eigenvalue weighted by atomic mass is 16.6. The second-order valence-electron chi connectivity index (χ2n) is 5.95. The third kappa shape index (κ3) is 2.17. The van der Waals surface area contributed by atoms with Crippen molar-refractivity contribution in [2.75, 3.05) is 7.11 Å². The van der Waals surface area contributed by atoms with Gasteiger partial charge in [0.15, 0.2) is 0 Å². The van der Waals surface area contributed by atoms with E-state index in [0.29, 0.717) is 18.5 Å². The predicted octanol–water partition coefficient (Wildman–Crippen LogP) is 3.50. The molecule has 22 heavy (non-hydrogen) atoms. The average Bonchev–Trinajstić information content (AvgIpc) is 3.06. The molecular formula is C17H18N2O3. The summed E-state index contributed by atoms with van der Waals surface area (Å²) >= 11 is 0. The molecule has 1 fully saturated rings. The molecule has 1 aromatic carbocycles. The number of rotatable bonds is 2. The first-order chi connectivity index (χ1) is 10.7. The summed E-state index contributed by atoms with van der Waals surface area (Å²) in [6.45, 7) is 0.591. The number of amides is 1. The van der Waals surface area contributed by atoms with E-state index in [4.69, 9.17) is 9.47 Å². The Hall–Kier alpha value is -2.30. The van der Waals surface area contributed by atoms with Crippen molar-refractivity contribution < 1.29 is 14.3 Å². The third-order valence-electron chi connectivity index (χ3n) is 4.59. The van der Waals surface area contributed by atoms with Crippen molar-refractivity contribution in [2.45, 2.75) is 38.3 Å². The van der Waals surface area contributed by atoms with Crippen molar-refractivity contribution in [1.29, 1.82) is 0 Å². The van der Waals surface area contributed by atoms with E-state index < -0.39 is 0 Å². The van der Waals surface area contributed by atoms with E-state index in [0.717, 1.165) is 35.1 Å². The van der Waals surface area contributed by atoms with E-state index in [2.05, 4.69) is 11.1 Å². The second kappa shape index (κ2) is 5.16. The van der Waals surface area contributed by atoms with Gasteiger partial charge in [0, 0.05) is 23.1 Å². The topological polar surface area (TPSA) is 51.7 Å². The molecule has 1 aliphatic heterocycles. The zero-order valence-corrected chi connectivity index (χ0v) is 12.5. The Morgan fingerprint density at radius 3 is 2.86 bits per heavy atom. The van der Waals surface area contributed by atoms with Crippen molar-refractivity contribution >= 4 is 17.0 Å². The molecule has 0 saturated heterocycles. The molecule has 5 nitrogen and oxygen atoms in total. The molecule has 0 bridgehead atoms. The van der Waals surface area contributed by atoms with Crippen LogP contribution in [0.25, 0.3) is 10.9 Å². The molecule has 2 aliphatic rings. The number of methoxy groups -OCH3 is 1. The number of carbonyl (C=O) groups is 1. The normalized spacial score (nSPS) is 18.4. The third-order valence-corrected chi connectivity index (χ3v) is 4.59.